The molecule has 1 aromatic carbocycles. The molecule has 0 saturated carbocycles. The van der Waals surface area contributed by atoms with Gasteiger partial charge in [0.2, 0.25) is 5.60 Å². The Balaban J connectivity index is 2.62. The molecule has 2 rings (SSSR count). The average Bonchev–Trinajstić information content (AvgIpc) is 2.45. The van der Waals surface area contributed by atoms with E-state index in [1.54, 1.807) is 6.07 Å². The average molecular weight is 359 g/mol. The maximum Gasteiger partial charge on any atom is 0.344 e. The third kappa shape index (κ3) is 2.92. The van der Waals surface area contributed by atoms with Crippen molar-refractivity contribution >= 4 is 27.6 Å². The highest BCUT2D eigenvalue weighted by molar-refractivity contribution is 9.10. The van der Waals surface area contributed by atoms with E-state index >= 15 is 0 Å². The Morgan fingerprint density at radius 3 is 2.86 bits per heavy atom. The maximum absolute atomic E-state index is 12.3. The normalized spacial score (nSPS) is 22.8. The van der Waals surface area contributed by atoms with Crippen molar-refractivity contribution in [3.63, 3.8) is 0 Å². The summed E-state index contributed by atoms with van der Waals surface area (Å²) in [6.07, 6.45) is 0. The van der Waals surface area contributed by atoms with Crippen molar-refractivity contribution in [1.82, 2.24) is 4.90 Å². The van der Waals surface area contributed by atoms with Gasteiger partial charge >= 0.3 is 5.97 Å². The summed E-state index contributed by atoms with van der Waals surface area (Å²) in [5.41, 5.74) is -1.45. The molecule has 1 aromatic rings. The first-order valence-electron chi connectivity index (χ1n) is 6.26. The van der Waals surface area contributed by atoms with E-state index in [2.05, 4.69) is 15.9 Å². The van der Waals surface area contributed by atoms with Crippen LogP contribution in [0.25, 0.3) is 0 Å². The fraction of sp³-hybridized carbons (Fsp3) is 0.462. The number of carbonyl (C=O) groups excluding carboxylic acids is 1. The van der Waals surface area contributed by atoms with E-state index in [4.69, 9.17) is 9.47 Å². The number of benzene rings is 1. The van der Waals surface area contributed by atoms with E-state index in [1.165, 1.54) is 19.2 Å². The van der Waals surface area contributed by atoms with Gasteiger partial charge in [0.25, 0.3) is 5.69 Å². The van der Waals surface area contributed by atoms with Crippen LogP contribution in [0.3, 0.4) is 0 Å². The van der Waals surface area contributed by atoms with Crippen LogP contribution in [0.2, 0.25) is 0 Å². The fourth-order valence-electron chi connectivity index (χ4n) is 2.44. The molecule has 0 aromatic heterocycles. The van der Waals surface area contributed by atoms with Crippen LogP contribution in [0.1, 0.15) is 5.56 Å². The Labute approximate surface area is 130 Å². The van der Waals surface area contributed by atoms with Gasteiger partial charge in [-0.05, 0) is 19.2 Å². The van der Waals surface area contributed by atoms with E-state index in [0.717, 1.165) is 0 Å². The number of nitro groups is 1. The van der Waals surface area contributed by atoms with Crippen LogP contribution in [-0.2, 0) is 19.9 Å². The van der Waals surface area contributed by atoms with E-state index < -0.39 is 16.5 Å². The molecular weight excluding hydrogens is 344 g/mol. The van der Waals surface area contributed by atoms with Gasteiger partial charge in [0, 0.05) is 23.6 Å². The fourth-order valence-corrected chi connectivity index (χ4v) is 2.79. The minimum Gasteiger partial charge on any atom is -0.467 e. The third-order valence-electron chi connectivity index (χ3n) is 3.42. The molecule has 0 N–H and O–H groups in total. The zero-order valence-electron chi connectivity index (χ0n) is 11.7. The zero-order chi connectivity index (χ0) is 15.6. The Kier molecular flexibility index (Phi) is 4.60. The number of carbonyl (C=O) groups is 1. The molecule has 1 fully saturated rings. The highest BCUT2D eigenvalue weighted by Crippen LogP contribution is 2.38. The molecule has 1 heterocycles. The molecule has 21 heavy (non-hydrogen) atoms. The standard InChI is InChI=1S/C13H15BrN2O5/c1-15-5-6-21-13(8-15,12(17)20-2)10-4-3-9(14)7-11(10)16(18)19/h3-4,7H,5-6,8H2,1-2H3. The Morgan fingerprint density at radius 2 is 2.29 bits per heavy atom. The van der Waals surface area contributed by atoms with Gasteiger partial charge < -0.3 is 14.4 Å². The van der Waals surface area contributed by atoms with Gasteiger partial charge in [-0.25, -0.2) is 4.79 Å². The van der Waals surface area contributed by atoms with Gasteiger partial charge in [0.15, 0.2) is 0 Å². The minimum atomic E-state index is -1.48. The largest absolute Gasteiger partial charge is 0.467 e. The first-order valence-corrected chi connectivity index (χ1v) is 7.05. The van der Waals surface area contributed by atoms with Gasteiger partial charge in [-0.2, -0.15) is 0 Å². The lowest BCUT2D eigenvalue weighted by atomic mass is 9.90. The lowest BCUT2D eigenvalue weighted by Gasteiger charge is -2.38. The second-order valence-corrected chi connectivity index (χ2v) is 5.74. The molecule has 1 saturated heterocycles. The minimum absolute atomic E-state index is 0.176. The van der Waals surface area contributed by atoms with Gasteiger partial charge in [-0.15, -0.1) is 0 Å². The molecule has 1 aliphatic rings. The zero-order valence-corrected chi connectivity index (χ0v) is 13.3. The second kappa shape index (κ2) is 6.08. The van der Waals surface area contributed by atoms with Crippen LogP contribution >= 0.6 is 15.9 Å². The first kappa shape index (κ1) is 15.9. The number of halogens is 1. The van der Waals surface area contributed by atoms with E-state index in [9.17, 15) is 14.9 Å². The maximum atomic E-state index is 12.3. The van der Waals surface area contributed by atoms with Crippen LogP contribution in [0.15, 0.2) is 22.7 Å². The number of hydrogen-bond donors (Lipinski definition) is 0. The molecule has 1 aliphatic heterocycles. The Morgan fingerprint density at radius 1 is 1.57 bits per heavy atom. The number of hydrogen-bond acceptors (Lipinski definition) is 6. The highest BCUT2D eigenvalue weighted by Gasteiger charge is 2.49. The molecule has 0 aliphatic carbocycles. The summed E-state index contributed by atoms with van der Waals surface area (Å²) in [6, 6.07) is 4.53. The van der Waals surface area contributed by atoms with Crippen LogP contribution in [-0.4, -0.2) is 49.6 Å². The summed E-state index contributed by atoms with van der Waals surface area (Å²) >= 11 is 3.20. The molecule has 0 spiro atoms. The molecule has 7 nitrogen and oxygen atoms in total. The van der Waals surface area contributed by atoms with Crippen LogP contribution in [0, 0.1) is 10.1 Å². The number of likely N-dealkylation sites (N-methyl/N-ethyl adjacent to an activating group) is 1. The van der Waals surface area contributed by atoms with Crippen LogP contribution < -0.4 is 0 Å². The molecule has 0 bridgehead atoms. The topological polar surface area (TPSA) is 81.9 Å². The lowest BCUT2D eigenvalue weighted by molar-refractivity contribution is -0.387. The SMILES string of the molecule is COC(=O)C1(c2ccc(Br)cc2[N+](=O)[O-])CN(C)CCO1. The molecule has 0 amide bonds. The van der Waals surface area contributed by atoms with Crippen molar-refractivity contribution in [1.29, 1.82) is 0 Å². The summed E-state index contributed by atoms with van der Waals surface area (Å²) in [5, 5.41) is 11.3. The van der Waals surface area contributed by atoms with Crippen molar-refractivity contribution in [3.8, 4) is 0 Å². The van der Waals surface area contributed by atoms with Crippen molar-refractivity contribution in [2.75, 3.05) is 33.9 Å². The van der Waals surface area contributed by atoms with Crippen LogP contribution in [0.4, 0.5) is 5.69 Å². The van der Waals surface area contributed by atoms with Gasteiger partial charge in [-0.3, -0.25) is 10.1 Å². The van der Waals surface area contributed by atoms with Crippen molar-refractivity contribution in [2.24, 2.45) is 0 Å². The summed E-state index contributed by atoms with van der Waals surface area (Å²) < 4.78 is 11.1. The van der Waals surface area contributed by atoms with Gasteiger partial charge in [-0.1, -0.05) is 15.9 Å². The molecule has 1 unspecified atom stereocenters. The number of morpholine rings is 1. The van der Waals surface area contributed by atoms with Gasteiger partial charge in [0.1, 0.15) is 0 Å². The van der Waals surface area contributed by atoms with Crippen LogP contribution in [0.5, 0.6) is 0 Å². The quantitative estimate of drug-likeness (QED) is 0.464. The number of rotatable bonds is 3. The number of ether oxygens (including phenoxy) is 2. The number of methoxy groups -OCH3 is 1. The van der Waals surface area contributed by atoms with Gasteiger partial charge in [0.05, 0.1) is 24.2 Å². The summed E-state index contributed by atoms with van der Waals surface area (Å²) in [7, 11) is 3.07. The number of nitro benzene ring substituents is 1. The summed E-state index contributed by atoms with van der Waals surface area (Å²) in [6.45, 7) is 1.13. The summed E-state index contributed by atoms with van der Waals surface area (Å²) in [4.78, 5) is 25.0. The number of nitrogens with zero attached hydrogens (tertiary/aromatic N) is 2. The predicted molar refractivity (Wildman–Crippen MR) is 77.9 cm³/mol. The molecule has 1 atom stereocenters. The van der Waals surface area contributed by atoms with E-state index in [-0.39, 0.29) is 17.8 Å². The van der Waals surface area contributed by atoms with Crippen molar-refractivity contribution < 1.29 is 19.2 Å². The molecular formula is C13H15BrN2O5. The van der Waals surface area contributed by atoms with E-state index in [0.29, 0.717) is 17.6 Å². The third-order valence-corrected chi connectivity index (χ3v) is 3.91. The lowest BCUT2D eigenvalue weighted by Crippen LogP contribution is -2.53. The predicted octanol–water partition coefficient (Wildman–Crippen LogP) is 1.69. The first-order chi connectivity index (χ1) is 9.90. The smallest absolute Gasteiger partial charge is 0.344 e. The summed E-state index contributed by atoms with van der Waals surface area (Å²) in [5.74, 6) is -0.639. The molecule has 114 valence electrons. The molecule has 0 radical (unpaired) electrons. The Bertz CT molecular complexity index is 580. The van der Waals surface area contributed by atoms with Crippen molar-refractivity contribution in [3.05, 3.63) is 38.3 Å². The highest BCUT2D eigenvalue weighted by atomic mass is 79.9. The van der Waals surface area contributed by atoms with Crippen molar-refractivity contribution in [2.45, 2.75) is 5.60 Å². The Hall–Kier alpha value is -1.51. The molecule has 8 heteroatoms. The van der Waals surface area contributed by atoms with E-state index in [1.807, 2.05) is 11.9 Å². The monoisotopic (exact) mass is 358 g/mol. The number of esters is 1. The second-order valence-electron chi connectivity index (χ2n) is 4.82.